The van der Waals surface area contributed by atoms with Gasteiger partial charge >= 0.3 is 0 Å². The lowest BCUT2D eigenvalue weighted by atomic mass is 10.2. The normalized spacial score (nSPS) is 14.6. The van der Waals surface area contributed by atoms with Crippen molar-refractivity contribution in [2.75, 3.05) is 48.8 Å². The van der Waals surface area contributed by atoms with E-state index in [0.717, 1.165) is 24.5 Å². The van der Waals surface area contributed by atoms with Crippen LogP contribution in [-0.2, 0) is 9.84 Å². The Morgan fingerprint density at radius 3 is 2.23 bits per heavy atom. The number of benzene rings is 2. The molecular weight excluding hydrogens is 402 g/mol. The van der Waals surface area contributed by atoms with Gasteiger partial charge in [0.05, 0.1) is 23.9 Å². The summed E-state index contributed by atoms with van der Waals surface area (Å²) in [7, 11) is -2.10. The van der Waals surface area contributed by atoms with Gasteiger partial charge < -0.3 is 20.3 Å². The van der Waals surface area contributed by atoms with E-state index in [1.54, 1.807) is 25.3 Å². The van der Waals surface area contributed by atoms with Crippen molar-refractivity contribution in [2.45, 2.75) is 9.79 Å². The molecule has 0 spiro atoms. The third-order valence-corrected chi connectivity index (χ3v) is 6.89. The van der Waals surface area contributed by atoms with Gasteiger partial charge in [-0.2, -0.15) is 4.98 Å². The van der Waals surface area contributed by atoms with Crippen LogP contribution in [-0.4, -0.2) is 51.7 Å². The number of piperazine rings is 1. The monoisotopic (exact) mass is 425 g/mol. The van der Waals surface area contributed by atoms with Gasteiger partial charge in [-0.05, 0) is 24.3 Å². The minimum atomic E-state index is -3.76. The average Bonchev–Trinajstić information content (AvgIpc) is 2.79. The molecule has 156 valence electrons. The predicted molar refractivity (Wildman–Crippen MR) is 116 cm³/mol. The Morgan fingerprint density at radius 2 is 1.57 bits per heavy atom. The van der Waals surface area contributed by atoms with E-state index >= 15 is 0 Å². The average molecular weight is 426 g/mol. The highest BCUT2D eigenvalue weighted by atomic mass is 32.2. The minimum Gasteiger partial charge on any atom is -0.495 e. The Labute approximate surface area is 175 Å². The molecule has 0 radical (unpaired) electrons. The zero-order chi connectivity index (χ0) is 21.1. The maximum Gasteiger partial charge on any atom is 0.227 e. The summed E-state index contributed by atoms with van der Waals surface area (Å²) in [6.07, 6.45) is 1.30. The molecule has 4 rings (SSSR count). The molecule has 8 nitrogen and oxygen atoms in total. The molecule has 9 heteroatoms. The number of anilines is 3. The van der Waals surface area contributed by atoms with Gasteiger partial charge in [0.2, 0.25) is 15.8 Å². The van der Waals surface area contributed by atoms with Crippen molar-refractivity contribution in [3.63, 3.8) is 0 Å². The molecule has 1 fully saturated rings. The molecule has 1 aromatic heterocycles. The summed E-state index contributed by atoms with van der Waals surface area (Å²) in [4.78, 5) is 12.9. The molecule has 0 unspecified atom stereocenters. The number of nitrogens with two attached hydrogens (primary N) is 1. The molecule has 3 aromatic rings. The number of hydrogen-bond donors (Lipinski definition) is 1. The van der Waals surface area contributed by atoms with Gasteiger partial charge in [0.25, 0.3) is 0 Å². The number of ether oxygens (including phenoxy) is 1. The lowest BCUT2D eigenvalue weighted by Gasteiger charge is -2.36. The maximum absolute atomic E-state index is 12.8. The van der Waals surface area contributed by atoms with Crippen LogP contribution in [0, 0.1) is 0 Å². The molecule has 0 aliphatic carbocycles. The second-order valence-corrected chi connectivity index (χ2v) is 8.80. The SMILES string of the molecule is COc1ccccc1N1CCN(c2ncc(S(=O)(=O)c3ccccc3)c(N)n2)CC1. The Balaban J connectivity index is 1.51. The maximum atomic E-state index is 12.8. The zero-order valence-corrected chi connectivity index (χ0v) is 17.4. The molecular formula is C21H23N5O3S. The van der Waals surface area contributed by atoms with Crippen LogP contribution in [0.1, 0.15) is 0 Å². The second kappa shape index (κ2) is 8.19. The van der Waals surface area contributed by atoms with E-state index < -0.39 is 9.84 Å². The Morgan fingerprint density at radius 1 is 0.933 bits per heavy atom. The number of nitrogen functional groups attached to an aromatic ring is 1. The highest BCUT2D eigenvalue weighted by molar-refractivity contribution is 7.91. The summed E-state index contributed by atoms with van der Waals surface area (Å²) >= 11 is 0. The van der Waals surface area contributed by atoms with Gasteiger partial charge in [0.15, 0.2) is 0 Å². The first-order valence-electron chi connectivity index (χ1n) is 9.56. The van der Waals surface area contributed by atoms with Crippen LogP contribution in [0.15, 0.2) is 70.6 Å². The Bertz CT molecular complexity index is 1130. The first-order chi connectivity index (χ1) is 14.5. The van der Waals surface area contributed by atoms with Gasteiger partial charge in [0.1, 0.15) is 16.5 Å². The molecule has 0 atom stereocenters. The number of methoxy groups -OCH3 is 1. The van der Waals surface area contributed by atoms with E-state index in [2.05, 4.69) is 14.9 Å². The summed E-state index contributed by atoms with van der Waals surface area (Å²) in [5.74, 6) is 1.22. The second-order valence-electron chi connectivity index (χ2n) is 6.88. The zero-order valence-electron chi connectivity index (χ0n) is 16.6. The molecule has 2 N–H and O–H groups in total. The number of nitrogens with zero attached hydrogens (tertiary/aromatic N) is 4. The number of aromatic nitrogens is 2. The summed E-state index contributed by atoms with van der Waals surface area (Å²) in [5.41, 5.74) is 7.07. The van der Waals surface area contributed by atoms with E-state index in [0.29, 0.717) is 19.0 Å². The Hall–Kier alpha value is -3.33. The van der Waals surface area contributed by atoms with E-state index in [9.17, 15) is 8.42 Å². The molecule has 0 saturated carbocycles. The van der Waals surface area contributed by atoms with Gasteiger partial charge in [-0.25, -0.2) is 13.4 Å². The lowest BCUT2D eigenvalue weighted by Crippen LogP contribution is -2.47. The van der Waals surface area contributed by atoms with Crippen LogP contribution in [0.2, 0.25) is 0 Å². The van der Waals surface area contributed by atoms with Crippen LogP contribution < -0.4 is 20.3 Å². The van der Waals surface area contributed by atoms with Crippen LogP contribution in [0.5, 0.6) is 5.75 Å². The van der Waals surface area contributed by atoms with Crippen molar-refractivity contribution in [1.29, 1.82) is 0 Å². The van der Waals surface area contributed by atoms with E-state index in [1.807, 2.05) is 29.2 Å². The predicted octanol–water partition coefficient (Wildman–Crippen LogP) is 2.23. The fourth-order valence-corrected chi connectivity index (χ4v) is 4.78. The fraction of sp³-hybridized carbons (Fsp3) is 0.238. The topological polar surface area (TPSA) is 102 Å². The smallest absolute Gasteiger partial charge is 0.227 e. The quantitative estimate of drug-likeness (QED) is 0.664. The van der Waals surface area contributed by atoms with Crippen LogP contribution >= 0.6 is 0 Å². The van der Waals surface area contributed by atoms with E-state index in [-0.39, 0.29) is 15.6 Å². The minimum absolute atomic E-state index is 0.0454. The number of hydrogen-bond acceptors (Lipinski definition) is 8. The van der Waals surface area contributed by atoms with Crippen molar-refractivity contribution in [1.82, 2.24) is 9.97 Å². The Kier molecular flexibility index (Phi) is 5.45. The standard InChI is InChI=1S/C21H23N5O3S/c1-29-18-10-6-5-9-17(18)25-11-13-26(14-12-25)21-23-15-19(20(22)24-21)30(27,28)16-7-3-2-4-8-16/h2-10,15H,11-14H2,1H3,(H2,22,23,24). The molecule has 2 aromatic carbocycles. The number of rotatable bonds is 5. The number of para-hydroxylation sites is 2. The fourth-order valence-electron chi connectivity index (χ4n) is 3.50. The van der Waals surface area contributed by atoms with E-state index in [4.69, 9.17) is 10.5 Å². The van der Waals surface area contributed by atoms with Crippen molar-refractivity contribution < 1.29 is 13.2 Å². The third kappa shape index (κ3) is 3.76. The van der Waals surface area contributed by atoms with Gasteiger partial charge in [-0.15, -0.1) is 0 Å². The van der Waals surface area contributed by atoms with Crippen molar-refractivity contribution in [3.05, 3.63) is 60.8 Å². The highest BCUT2D eigenvalue weighted by Gasteiger charge is 2.25. The van der Waals surface area contributed by atoms with Gasteiger partial charge in [-0.3, -0.25) is 0 Å². The molecule has 1 aliphatic rings. The molecule has 0 amide bonds. The lowest BCUT2D eigenvalue weighted by molar-refractivity contribution is 0.413. The van der Waals surface area contributed by atoms with Crippen molar-refractivity contribution in [3.8, 4) is 5.75 Å². The van der Waals surface area contributed by atoms with Crippen LogP contribution in [0.4, 0.5) is 17.5 Å². The summed E-state index contributed by atoms with van der Waals surface area (Å²) in [6.45, 7) is 2.88. The summed E-state index contributed by atoms with van der Waals surface area (Å²) < 4.78 is 31.1. The molecule has 2 heterocycles. The highest BCUT2D eigenvalue weighted by Crippen LogP contribution is 2.29. The summed E-state index contributed by atoms with van der Waals surface area (Å²) in [6, 6.07) is 16.1. The molecule has 30 heavy (non-hydrogen) atoms. The van der Waals surface area contributed by atoms with Gasteiger partial charge in [0, 0.05) is 26.2 Å². The summed E-state index contributed by atoms with van der Waals surface area (Å²) in [5, 5.41) is 0. The molecule has 1 aliphatic heterocycles. The van der Waals surface area contributed by atoms with Crippen LogP contribution in [0.3, 0.4) is 0 Å². The first-order valence-corrected chi connectivity index (χ1v) is 11.0. The first kappa shape index (κ1) is 20.0. The van der Waals surface area contributed by atoms with Crippen LogP contribution in [0.25, 0.3) is 0 Å². The third-order valence-electron chi connectivity index (χ3n) is 5.10. The van der Waals surface area contributed by atoms with Gasteiger partial charge in [-0.1, -0.05) is 30.3 Å². The largest absolute Gasteiger partial charge is 0.495 e. The molecule has 0 bridgehead atoms. The van der Waals surface area contributed by atoms with E-state index in [1.165, 1.54) is 18.3 Å². The number of sulfone groups is 1. The molecule has 1 saturated heterocycles. The van der Waals surface area contributed by atoms with Crippen molar-refractivity contribution in [2.24, 2.45) is 0 Å². The van der Waals surface area contributed by atoms with Crippen molar-refractivity contribution >= 4 is 27.3 Å².